The predicted molar refractivity (Wildman–Crippen MR) is 86.1 cm³/mol. The SMILES string of the molecule is Fc1ccc(N2CCN=C2Nc2c(Cl)cccc2Cl)cc1. The summed E-state index contributed by atoms with van der Waals surface area (Å²) >= 11 is 12.3. The topological polar surface area (TPSA) is 27.6 Å². The first-order valence-electron chi connectivity index (χ1n) is 6.44. The van der Waals surface area contributed by atoms with Gasteiger partial charge in [-0.15, -0.1) is 0 Å². The van der Waals surface area contributed by atoms with Gasteiger partial charge in [-0.3, -0.25) is 4.99 Å². The van der Waals surface area contributed by atoms with E-state index in [2.05, 4.69) is 10.3 Å². The standard InChI is InChI=1S/C15H12Cl2FN3/c16-12-2-1-3-13(17)14(12)20-15-19-8-9-21(15)11-6-4-10(18)5-7-11/h1-7H,8-9H2,(H,19,20). The maximum Gasteiger partial charge on any atom is 0.203 e. The summed E-state index contributed by atoms with van der Waals surface area (Å²) in [4.78, 5) is 6.37. The van der Waals surface area contributed by atoms with Crippen molar-refractivity contribution in [1.82, 2.24) is 0 Å². The Morgan fingerprint density at radius 3 is 2.38 bits per heavy atom. The Labute approximate surface area is 132 Å². The molecule has 108 valence electrons. The van der Waals surface area contributed by atoms with Gasteiger partial charge in [0.1, 0.15) is 5.82 Å². The van der Waals surface area contributed by atoms with Crippen molar-refractivity contribution >= 4 is 40.5 Å². The quantitative estimate of drug-likeness (QED) is 0.885. The molecular weight excluding hydrogens is 312 g/mol. The van der Waals surface area contributed by atoms with E-state index < -0.39 is 0 Å². The average Bonchev–Trinajstić information content (AvgIpc) is 2.92. The Kier molecular flexibility index (Phi) is 3.99. The second-order valence-electron chi connectivity index (χ2n) is 4.56. The molecule has 0 fully saturated rings. The molecule has 0 amide bonds. The highest BCUT2D eigenvalue weighted by Gasteiger charge is 2.20. The number of hydrogen-bond acceptors (Lipinski definition) is 3. The highest BCUT2D eigenvalue weighted by molar-refractivity contribution is 6.40. The van der Waals surface area contributed by atoms with Crippen LogP contribution in [0.3, 0.4) is 0 Å². The van der Waals surface area contributed by atoms with Crippen molar-refractivity contribution in [1.29, 1.82) is 0 Å². The Hall–Kier alpha value is -1.78. The summed E-state index contributed by atoms with van der Waals surface area (Å²) in [6.07, 6.45) is 0. The van der Waals surface area contributed by atoms with Crippen LogP contribution < -0.4 is 10.2 Å². The number of aliphatic imine (C=N–C) groups is 1. The zero-order valence-electron chi connectivity index (χ0n) is 11.0. The summed E-state index contributed by atoms with van der Waals surface area (Å²) in [6.45, 7) is 1.37. The lowest BCUT2D eigenvalue weighted by molar-refractivity contribution is 0.628. The molecule has 0 bridgehead atoms. The number of rotatable bonds is 2. The highest BCUT2D eigenvalue weighted by Crippen LogP contribution is 2.31. The fourth-order valence-corrected chi connectivity index (χ4v) is 2.65. The number of hydrogen-bond donors (Lipinski definition) is 1. The van der Waals surface area contributed by atoms with Crippen molar-refractivity contribution in [2.45, 2.75) is 0 Å². The van der Waals surface area contributed by atoms with E-state index in [0.29, 0.717) is 28.2 Å². The Morgan fingerprint density at radius 2 is 1.71 bits per heavy atom. The van der Waals surface area contributed by atoms with Gasteiger partial charge in [0.2, 0.25) is 5.96 Å². The van der Waals surface area contributed by atoms with E-state index in [1.54, 1.807) is 30.3 Å². The van der Waals surface area contributed by atoms with Crippen LogP contribution in [0.1, 0.15) is 0 Å². The number of para-hydroxylation sites is 1. The second-order valence-corrected chi connectivity index (χ2v) is 5.37. The van der Waals surface area contributed by atoms with Crippen LogP contribution in [0.4, 0.5) is 15.8 Å². The molecule has 1 aliphatic rings. The van der Waals surface area contributed by atoms with E-state index >= 15 is 0 Å². The minimum atomic E-state index is -0.265. The molecule has 0 aromatic heterocycles. The molecule has 0 spiro atoms. The number of anilines is 2. The van der Waals surface area contributed by atoms with Gasteiger partial charge in [-0.25, -0.2) is 4.39 Å². The summed E-state index contributed by atoms with van der Waals surface area (Å²) in [6, 6.07) is 11.6. The molecule has 21 heavy (non-hydrogen) atoms. The first-order valence-corrected chi connectivity index (χ1v) is 7.19. The predicted octanol–water partition coefficient (Wildman–Crippen LogP) is 4.42. The highest BCUT2D eigenvalue weighted by atomic mass is 35.5. The fourth-order valence-electron chi connectivity index (χ4n) is 2.16. The molecule has 0 radical (unpaired) electrons. The molecule has 2 aromatic rings. The first-order chi connectivity index (χ1) is 10.1. The average molecular weight is 324 g/mol. The van der Waals surface area contributed by atoms with Gasteiger partial charge in [-0.1, -0.05) is 29.3 Å². The Balaban J connectivity index is 1.86. The maximum atomic E-state index is 13.0. The van der Waals surface area contributed by atoms with Crippen molar-refractivity contribution in [3.8, 4) is 0 Å². The van der Waals surface area contributed by atoms with Gasteiger partial charge in [0, 0.05) is 12.2 Å². The van der Waals surface area contributed by atoms with E-state index in [-0.39, 0.29) is 5.82 Å². The van der Waals surface area contributed by atoms with Gasteiger partial charge in [0.15, 0.2) is 0 Å². The van der Waals surface area contributed by atoms with Crippen molar-refractivity contribution in [2.75, 3.05) is 23.3 Å². The van der Waals surface area contributed by atoms with Gasteiger partial charge in [0.25, 0.3) is 0 Å². The van der Waals surface area contributed by atoms with E-state index in [9.17, 15) is 4.39 Å². The molecule has 2 aromatic carbocycles. The molecule has 3 rings (SSSR count). The minimum absolute atomic E-state index is 0.265. The van der Waals surface area contributed by atoms with Crippen LogP contribution in [0.15, 0.2) is 47.5 Å². The molecule has 1 heterocycles. The van der Waals surface area contributed by atoms with Crippen LogP contribution in [0, 0.1) is 5.82 Å². The maximum absolute atomic E-state index is 13.0. The number of guanidine groups is 1. The third-order valence-electron chi connectivity index (χ3n) is 3.18. The molecule has 1 N–H and O–H groups in total. The fraction of sp³-hybridized carbons (Fsp3) is 0.133. The zero-order chi connectivity index (χ0) is 14.8. The number of nitrogens with zero attached hydrogens (tertiary/aromatic N) is 2. The van der Waals surface area contributed by atoms with E-state index in [1.807, 2.05) is 4.90 Å². The van der Waals surface area contributed by atoms with Crippen LogP contribution in [0.5, 0.6) is 0 Å². The summed E-state index contributed by atoms with van der Waals surface area (Å²) in [5, 5.41) is 4.21. The molecule has 0 unspecified atom stereocenters. The van der Waals surface area contributed by atoms with Gasteiger partial charge in [0.05, 0.1) is 22.3 Å². The summed E-state index contributed by atoms with van der Waals surface area (Å²) in [7, 11) is 0. The van der Waals surface area contributed by atoms with Crippen LogP contribution in [-0.2, 0) is 0 Å². The molecule has 0 saturated heterocycles. The summed E-state index contributed by atoms with van der Waals surface area (Å²) in [5.41, 5.74) is 1.48. The van der Waals surface area contributed by atoms with Crippen LogP contribution in [-0.4, -0.2) is 19.0 Å². The molecule has 1 aliphatic heterocycles. The summed E-state index contributed by atoms with van der Waals surface area (Å²) in [5.74, 6) is 0.384. The van der Waals surface area contributed by atoms with Crippen molar-refractivity contribution in [3.05, 3.63) is 58.3 Å². The van der Waals surface area contributed by atoms with Crippen LogP contribution in [0.2, 0.25) is 10.0 Å². The third kappa shape index (κ3) is 2.96. The van der Waals surface area contributed by atoms with Gasteiger partial charge >= 0.3 is 0 Å². The smallest absolute Gasteiger partial charge is 0.203 e. The Morgan fingerprint density at radius 1 is 1.05 bits per heavy atom. The lowest BCUT2D eigenvalue weighted by atomic mass is 10.3. The number of benzene rings is 2. The van der Waals surface area contributed by atoms with Crippen molar-refractivity contribution in [3.63, 3.8) is 0 Å². The molecule has 0 saturated carbocycles. The third-order valence-corrected chi connectivity index (χ3v) is 3.81. The van der Waals surface area contributed by atoms with Gasteiger partial charge in [-0.2, -0.15) is 0 Å². The second kappa shape index (κ2) is 5.92. The normalized spacial score (nSPS) is 14.2. The number of nitrogens with one attached hydrogen (secondary N) is 1. The molecular formula is C15H12Cl2FN3. The van der Waals surface area contributed by atoms with E-state index in [0.717, 1.165) is 12.2 Å². The van der Waals surface area contributed by atoms with Crippen LogP contribution in [0.25, 0.3) is 0 Å². The molecule has 6 heteroatoms. The lowest BCUT2D eigenvalue weighted by Crippen LogP contribution is -2.33. The minimum Gasteiger partial charge on any atom is -0.323 e. The van der Waals surface area contributed by atoms with Crippen LogP contribution >= 0.6 is 23.2 Å². The van der Waals surface area contributed by atoms with E-state index in [4.69, 9.17) is 23.2 Å². The van der Waals surface area contributed by atoms with Crippen molar-refractivity contribution in [2.24, 2.45) is 4.99 Å². The van der Waals surface area contributed by atoms with E-state index in [1.165, 1.54) is 12.1 Å². The summed E-state index contributed by atoms with van der Waals surface area (Å²) < 4.78 is 13.0. The molecule has 3 nitrogen and oxygen atoms in total. The zero-order valence-corrected chi connectivity index (χ0v) is 12.5. The van der Waals surface area contributed by atoms with Gasteiger partial charge in [-0.05, 0) is 36.4 Å². The monoisotopic (exact) mass is 323 g/mol. The van der Waals surface area contributed by atoms with Crippen molar-refractivity contribution < 1.29 is 4.39 Å². The molecule has 0 aliphatic carbocycles. The molecule has 0 atom stereocenters. The lowest BCUT2D eigenvalue weighted by Gasteiger charge is -2.22. The first kappa shape index (κ1) is 14.2. The van der Waals surface area contributed by atoms with Gasteiger partial charge < -0.3 is 10.2 Å². The number of halogens is 3. The Bertz CT molecular complexity index is 666. The largest absolute Gasteiger partial charge is 0.323 e.